The zero-order valence-corrected chi connectivity index (χ0v) is 15.6. The van der Waals surface area contributed by atoms with Crippen LogP contribution in [-0.2, 0) is 14.7 Å². The van der Waals surface area contributed by atoms with Crippen LogP contribution in [0.1, 0.15) is 64.5 Å². The van der Waals surface area contributed by atoms with E-state index in [9.17, 15) is 0 Å². The predicted molar refractivity (Wildman–Crippen MR) is 95.5 cm³/mol. The molecular weight excluding hydrogens is 306 g/mol. The zero-order chi connectivity index (χ0) is 16.6. The molecule has 0 radical (unpaired) electrons. The predicted octanol–water partition coefficient (Wildman–Crippen LogP) is 4.39. The smallest absolute Gasteiger partial charge is 0.399 e. The van der Waals surface area contributed by atoms with Crippen LogP contribution >= 0.6 is 11.6 Å². The molecule has 1 aromatic rings. The lowest BCUT2D eigenvalue weighted by molar-refractivity contribution is 0.00578. The third-order valence-corrected chi connectivity index (χ3v) is 7.12. The third kappa shape index (κ3) is 2.23. The summed E-state index contributed by atoms with van der Waals surface area (Å²) in [5.74, 6) is 0.863. The maximum Gasteiger partial charge on any atom is 0.495 e. The molecule has 3 fully saturated rings. The first kappa shape index (κ1) is 16.0. The highest BCUT2D eigenvalue weighted by molar-refractivity contribution is 6.63. The van der Waals surface area contributed by atoms with Crippen LogP contribution in [-0.4, -0.2) is 18.3 Å². The summed E-state index contributed by atoms with van der Waals surface area (Å²) in [6.45, 7) is 10.5. The first-order valence-corrected chi connectivity index (χ1v) is 9.20. The number of benzene rings is 1. The Hall–Kier alpha value is -0.505. The molecule has 4 rings (SSSR count). The number of aryl methyl sites for hydroxylation is 1. The molecule has 1 aliphatic heterocycles. The quantitative estimate of drug-likeness (QED) is 0.748. The van der Waals surface area contributed by atoms with Crippen LogP contribution in [0.25, 0.3) is 0 Å². The lowest BCUT2D eigenvalue weighted by Gasteiger charge is -2.32. The van der Waals surface area contributed by atoms with Gasteiger partial charge in [0.25, 0.3) is 0 Å². The summed E-state index contributed by atoms with van der Waals surface area (Å²) in [5, 5.41) is 0.893. The lowest BCUT2D eigenvalue weighted by Crippen LogP contribution is -2.41. The van der Waals surface area contributed by atoms with Gasteiger partial charge in [0, 0.05) is 5.02 Å². The normalized spacial score (nSPS) is 33.8. The molecule has 23 heavy (non-hydrogen) atoms. The van der Waals surface area contributed by atoms with Gasteiger partial charge in [0.1, 0.15) is 0 Å². The monoisotopic (exact) mass is 332 g/mol. The van der Waals surface area contributed by atoms with Gasteiger partial charge in [-0.2, -0.15) is 0 Å². The van der Waals surface area contributed by atoms with Crippen molar-refractivity contribution < 1.29 is 9.31 Å². The van der Waals surface area contributed by atoms with Crippen LogP contribution in [0.4, 0.5) is 0 Å². The Kier molecular flexibility index (Phi) is 3.32. The SMILES string of the molecule is Cc1cc(C23CCCC2C3)c(Cl)cc1B1OC(C)(C)C(C)(C)O1. The van der Waals surface area contributed by atoms with Crippen molar-refractivity contribution in [2.45, 2.75) is 76.9 Å². The third-order valence-electron chi connectivity index (χ3n) is 6.81. The number of fused-ring (bicyclic) bond motifs is 1. The molecule has 2 atom stereocenters. The molecule has 3 aliphatic rings. The second kappa shape index (κ2) is 4.77. The van der Waals surface area contributed by atoms with Crippen LogP contribution < -0.4 is 5.46 Å². The molecule has 2 saturated carbocycles. The van der Waals surface area contributed by atoms with E-state index in [2.05, 4.69) is 46.8 Å². The maximum atomic E-state index is 6.71. The molecule has 1 saturated heterocycles. The highest BCUT2D eigenvalue weighted by atomic mass is 35.5. The van der Waals surface area contributed by atoms with E-state index in [1.54, 1.807) is 0 Å². The van der Waals surface area contributed by atoms with Crippen molar-refractivity contribution in [3.8, 4) is 0 Å². The average molecular weight is 333 g/mol. The number of hydrogen-bond acceptors (Lipinski definition) is 2. The van der Waals surface area contributed by atoms with Crippen molar-refractivity contribution in [3.05, 3.63) is 28.3 Å². The molecular formula is C19H26BClO2. The molecule has 0 bridgehead atoms. The fraction of sp³-hybridized carbons (Fsp3) is 0.684. The van der Waals surface area contributed by atoms with E-state index in [4.69, 9.17) is 20.9 Å². The summed E-state index contributed by atoms with van der Waals surface area (Å²) in [5.41, 5.74) is 3.41. The van der Waals surface area contributed by atoms with Crippen molar-refractivity contribution in [2.24, 2.45) is 5.92 Å². The minimum Gasteiger partial charge on any atom is -0.399 e. The number of hydrogen-bond donors (Lipinski definition) is 0. The van der Waals surface area contributed by atoms with Crippen LogP contribution in [0, 0.1) is 12.8 Å². The van der Waals surface area contributed by atoms with E-state index in [1.807, 2.05) is 0 Å². The number of halogens is 1. The Labute approximate surface area is 145 Å². The topological polar surface area (TPSA) is 18.5 Å². The van der Waals surface area contributed by atoms with Gasteiger partial charge in [-0.1, -0.05) is 29.7 Å². The number of rotatable bonds is 2. The van der Waals surface area contributed by atoms with E-state index >= 15 is 0 Å². The maximum absolute atomic E-state index is 6.71. The van der Waals surface area contributed by atoms with Gasteiger partial charge in [-0.05, 0) is 82.3 Å². The molecule has 2 unspecified atom stereocenters. The van der Waals surface area contributed by atoms with Crippen molar-refractivity contribution >= 4 is 24.2 Å². The molecule has 2 nitrogen and oxygen atoms in total. The van der Waals surface area contributed by atoms with Gasteiger partial charge in [0.05, 0.1) is 11.2 Å². The van der Waals surface area contributed by atoms with Gasteiger partial charge >= 0.3 is 7.12 Å². The fourth-order valence-corrected chi connectivity index (χ4v) is 4.86. The second-order valence-electron chi connectivity index (χ2n) is 8.73. The van der Waals surface area contributed by atoms with E-state index in [0.29, 0.717) is 5.41 Å². The van der Waals surface area contributed by atoms with Gasteiger partial charge in [-0.3, -0.25) is 0 Å². The highest BCUT2D eigenvalue weighted by Crippen LogP contribution is 2.65. The van der Waals surface area contributed by atoms with Crippen LogP contribution in [0.15, 0.2) is 12.1 Å². The van der Waals surface area contributed by atoms with E-state index in [-0.39, 0.29) is 18.3 Å². The Bertz CT molecular complexity index is 654. The van der Waals surface area contributed by atoms with Gasteiger partial charge in [0.2, 0.25) is 0 Å². The molecule has 1 aromatic carbocycles. The van der Waals surface area contributed by atoms with Crippen molar-refractivity contribution in [1.29, 1.82) is 0 Å². The van der Waals surface area contributed by atoms with Crippen LogP contribution in [0.2, 0.25) is 5.02 Å². The molecule has 0 spiro atoms. The van der Waals surface area contributed by atoms with Gasteiger partial charge in [0.15, 0.2) is 0 Å². The standard InChI is InChI=1S/C19H26BClO2/c1-12-9-14(19-8-6-7-13(19)11-19)16(21)10-15(12)20-22-17(2,3)18(4,5)23-20/h9-10,13H,6-8,11H2,1-5H3. The van der Waals surface area contributed by atoms with Crippen molar-refractivity contribution in [2.75, 3.05) is 0 Å². The minimum absolute atomic E-state index is 0.318. The Morgan fingerprint density at radius 3 is 2.30 bits per heavy atom. The molecule has 2 aliphatic carbocycles. The Morgan fingerprint density at radius 1 is 1.13 bits per heavy atom. The molecule has 4 heteroatoms. The van der Waals surface area contributed by atoms with Crippen molar-refractivity contribution in [1.82, 2.24) is 0 Å². The summed E-state index contributed by atoms with van der Waals surface area (Å²) in [6.07, 6.45) is 5.34. The van der Waals surface area contributed by atoms with E-state index < -0.39 is 0 Å². The summed E-state index contributed by atoms with van der Waals surface area (Å²) in [7, 11) is -0.331. The molecule has 1 heterocycles. The summed E-state index contributed by atoms with van der Waals surface area (Å²) in [4.78, 5) is 0. The summed E-state index contributed by atoms with van der Waals surface area (Å²) >= 11 is 6.71. The molecule has 124 valence electrons. The Balaban J connectivity index is 1.68. The van der Waals surface area contributed by atoms with Gasteiger partial charge < -0.3 is 9.31 Å². The first-order valence-electron chi connectivity index (χ1n) is 8.82. The van der Waals surface area contributed by atoms with E-state index in [0.717, 1.165) is 16.4 Å². The molecule has 0 amide bonds. The second-order valence-corrected chi connectivity index (χ2v) is 9.13. The van der Waals surface area contributed by atoms with Crippen LogP contribution in [0.3, 0.4) is 0 Å². The molecule has 0 N–H and O–H groups in total. The first-order chi connectivity index (χ1) is 10.7. The van der Waals surface area contributed by atoms with Crippen LogP contribution in [0.5, 0.6) is 0 Å². The average Bonchev–Trinajstić information content (AvgIpc) is 2.91. The van der Waals surface area contributed by atoms with Gasteiger partial charge in [-0.15, -0.1) is 0 Å². The lowest BCUT2D eigenvalue weighted by atomic mass is 9.74. The summed E-state index contributed by atoms with van der Waals surface area (Å²) < 4.78 is 12.4. The van der Waals surface area contributed by atoms with E-state index in [1.165, 1.54) is 36.8 Å². The zero-order valence-electron chi connectivity index (χ0n) is 14.8. The fourth-order valence-electron chi connectivity index (χ4n) is 4.50. The Morgan fingerprint density at radius 2 is 1.78 bits per heavy atom. The largest absolute Gasteiger partial charge is 0.495 e. The minimum atomic E-state index is -0.331. The molecule has 0 aromatic heterocycles. The highest BCUT2D eigenvalue weighted by Gasteiger charge is 2.58. The van der Waals surface area contributed by atoms with Crippen molar-refractivity contribution in [3.63, 3.8) is 0 Å². The van der Waals surface area contributed by atoms with Gasteiger partial charge in [-0.25, -0.2) is 0 Å². The summed E-state index contributed by atoms with van der Waals surface area (Å²) in [6, 6.07) is 4.39.